The van der Waals surface area contributed by atoms with E-state index in [2.05, 4.69) is 41.4 Å². The first-order valence-corrected chi connectivity index (χ1v) is 6.94. The van der Waals surface area contributed by atoms with Crippen molar-refractivity contribution in [3.8, 4) is 0 Å². The molecule has 0 bridgehead atoms. The second kappa shape index (κ2) is 6.65. The van der Waals surface area contributed by atoms with Crippen LogP contribution in [0.15, 0.2) is 24.3 Å². The van der Waals surface area contributed by atoms with Gasteiger partial charge >= 0.3 is 0 Å². The Labute approximate surface area is 105 Å². The van der Waals surface area contributed by atoms with Crippen molar-refractivity contribution in [2.45, 2.75) is 32.6 Å². The van der Waals surface area contributed by atoms with E-state index in [1.54, 1.807) is 0 Å². The van der Waals surface area contributed by atoms with E-state index < -0.39 is 0 Å². The maximum Gasteiger partial charge on any atom is 0.0373 e. The van der Waals surface area contributed by atoms with Crippen LogP contribution in [0.1, 0.15) is 31.7 Å². The second-order valence-corrected chi connectivity index (χ2v) is 4.88. The molecule has 0 aromatic heterocycles. The van der Waals surface area contributed by atoms with Crippen LogP contribution in [-0.4, -0.2) is 31.1 Å². The third kappa shape index (κ3) is 3.74. The van der Waals surface area contributed by atoms with E-state index in [9.17, 15) is 0 Å². The molecule has 1 aliphatic rings. The minimum absolute atomic E-state index is 1.07. The van der Waals surface area contributed by atoms with Crippen molar-refractivity contribution in [2.75, 3.05) is 31.5 Å². The highest BCUT2D eigenvalue weighted by molar-refractivity contribution is 5.51. The highest BCUT2D eigenvalue weighted by atomic mass is 15.1. The minimum atomic E-state index is 1.07. The van der Waals surface area contributed by atoms with Crippen LogP contribution >= 0.6 is 0 Å². The molecule has 2 nitrogen and oxygen atoms in total. The van der Waals surface area contributed by atoms with Gasteiger partial charge in [-0.05, 0) is 31.0 Å². The van der Waals surface area contributed by atoms with Crippen LogP contribution in [0.25, 0.3) is 0 Å². The van der Waals surface area contributed by atoms with Gasteiger partial charge in [-0.3, -0.25) is 0 Å². The zero-order chi connectivity index (χ0) is 11.9. The Hall–Kier alpha value is -1.02. The summed E-state index contributed by atoms with van der Waals surface area (Å²) in [7, 11) is 0. The van der Waals surface area contributed by atoms with Gasteiger partial charge in [0.15, 0.2) is 0 Å². The van der Waals surface area contributed by atoms with Crippen molar-refractivity contribution >= 4 is 5.69 Å². The minimum Gasteiger partial charge on any atom is -0.384 e. The normalized spacial score (nSPS) is 16.8. The Kier molecular flexibility index (Phi) is 4.87. The zero-order valence-corrected chi connectivity index (χ0v) is 10.9. The lowest BCUT2D eigenvalue weighted by Gasteiger charge is -2.26. The van der Waals surface area contributed by atoms with Gasteiger partial charge in [-0.25, -0.2) is 0 Å². The van der Waals surface area contributed by atoms with Crippen molar-refractivity contribution in [1.29, 1.82) is 0 Å². The SMILES string of the molecule is CCCCCN1CCNc2ccccc2CC1. The average molecular weight is 232 g/mol. The highest BCUT2D eigenvalue weighted by Gasteiger charge is 2.10. The molecule has 1 aliphatic heterocycles. The molecule has 0 saturated carbocycles. The van der Waals surface area contributed by atoms with E-state index >= 15 is 0 Å². The maximum absolute atomic E-state index is 3.54. The summed E-state index contributed by atoms with van der Waals surface area (Å²) in [6, 6.07) is 8.70. The van der Waals surface area contributed by atoms with Crippen LogP contribution in [0.5, 0.6) is 0 Å². The first kappa shape index (κ1) is 12.4. The summed E-state index contributed by atoms with van der Waals surface area (Å²) < 4.78 is 0. The Balaban J connectivity index is 1.88. The predicted octanol–water partition coefficient (Wildman–Crippen LogP) is 3.15. The number of unbranched alkanes of at least 4 members (excludes halogenated alkanes) is 2. The van der Waals surface area contributed by atoms with Crippen molar-refractivity contribution < 1.29 is 0 Å². The van der Waals surface area contributed by atoms with Gasteiger partial charge in [0.1, 0.15) is 0 Å². The lowest BCUT2D eigenvalue weighted by molar-refractivity contribution is 0.279. The molecule has 17 heavy (non-hydrogen) atoms. The second-order valence-electron chi connectivity index (χ2n) is 4.88. The van der Waals surface area contributed by atoms with Crippen molar-refractivity contribution in [3.05, 3.63) is 29.8 Å². The molecule has 0 spiro atoms. The molecule has 0 saturated heterocycles. The third-order valence-corrected chi connectivity index (χ3v) is 3.54. The van der Waals surface area contributed by atoms with Crippen LogP contribution in [0.2, 0.25) is 0 Å². The molecule has 94 valence electrons. The quantitative estimate of drug-likeness (QED) is 0.802. The monoisotopic (exact) mass is 232 g/mol. The van der Waals surface area contributed by atoms with E-state index in [0.29, 0.717) is 0 Å². The van der Waals surface area contributed by atoms with E-state index in [4.69, 9.17) is 0 Å². The Bertz CT molecular complexity index is 335. The van der Waals surface area contributed by atoms with Crippen LogP contribution in [0.3, 0.4) is 0 Å². The molecular weight excluding hydrogens is 208 g/mol. The molecule has 1 N–H and O–H groups in total. The molecule has 2 heteroatoms. The van der Waals surface area contributed by atoms with Gasteiger partial charge in [-0.15, -0.1) is 0 Å². The maximum atomic E-state index is 3.54. The van der Waals surface area contributed by atoms with Crippen LogP contribution in [-0.2, 0) is 6.42 Å². The largest absolute Gasteiger partial charge is 0.384 e. The summed E-state index contributed by atoms with van der Waals surface area (Å²) in [5.41, 5.74) is 2.80. The summed E-state index contributed by atoms with van der Waals surface area (Å²) in [6.07, 6.45) is 5.20. The first-order chi connectivity index (χ1) is 8.40. The number of benzene rings is 1. The Morgan fingerprint density at radius 1 is 1.18 bits per heavy atom. The number of anilines is 1. The van der Waals surface area contributed by atoms with Gasteiger partial charge in [0, 0.05) is 25.3 Å². The van der Waals surface area contributed by atoms with E-state index in [-0.39, 0.29) is 0 Å². The van der Waals surface area contributed by atoms with E-state index in [1.807, 2.05) is 0 Å². The predicted molar refractivity (Wildman–Crippen MR) is 74.6 cm³/mol. The van der Waals surface area contributed by atoms with Gasteiger partial charge in [0.25, 0.3) is 0 Å². The van der Waals surface area contributed by atoms with Gasteiger partial charge in [0.2, 0.25) is 0 Å². The average Bonchev–Trinajstić information content (AvgIpc) is 2.33. The summed E-state index contributed by atoms with van der Waals surface area (Å²) in [5.74, 6) is 0. The fourth-order valence-corrected chi connectivity index (χ4v) is 2.46. The molecule has 0 aliphatic carbocycles. The fourth-order valence-electron chi connectivity index (χ4n) is 2.46. The number of hydrogen-bond acceptors (Lipinski definition) is 2. The number of rotatable bonds is 4. The van der Waals surface area contributed by atoms with Crippen LogP contribution < -0.4 is 5.32 Å². The first-order valence-electron chi connectivity index (χ1n) is 6.94. The zero-order valence-electron chi connectivity index (χ0n) is 10.9. The number of nitrogens with one attached hydrogen (secondary N) is 1. The summed E-state index contributed by atoms with van der Waals surface area (Å²) in [5, 5.41) is 3.54. The smallest absolute Gasteiger partial charge is 0.0373 e. The highest BCUT2D eigenvalue weighted by Crippen LogP contribution is 2.17. The number of para-hydroxylation sites is 1. The lowest BCUT2D eigenvalue weighted by atomic mass is 10.1. The number of fused-ring (bicyclic) bond motifs is 1. The van der Waals surface area contributed by atoms with Crippen LogP contribution in [0.4, 0.5) is 5.69 Å². The van der Waals surface area contributed by atoms with Gasteiger partial charge < -0.3 is 10.2 Å². The topological polar surface area (TPSA) is 15.3 Å². The summed E-state index contributed by atoms with van der Waals surface area (Å²) in [4.78, 5) is 2.60. The molecule has 0 amide bonds. The molecular formula is C15H24N2. The summed E-state index contributed by atoms with van der Waals surface area (Å²) >= 11 is 0. The number of hydrogen-bond donors (Lipinski definition) is 1. The molecule has 1 aromatic carbocycles. The van der Waals surface area contributed by atoms with Crippen LogP contribution in [0, 0.1) is 0 Å². The molecule has 0 atom stereocenters. The van der Waals surface area contributed by atoms with E-state index in [0.717, 1.165) is 6.54 Å². The molecule has 0 fully saturated rings. The standard InChI is InChI=1S/C15H24N2/c1-2-3-6-11-17-12-9-14-7-4-5-8-15(14)16-10-13-17/h4-5,7-8,16H,2-3,6,9-13H2,1H3. The molecule has 2 rings (SSSR count). The van der Waals surface area contributed by atoms with Gasteiger partial charge in [-0.1, -0.05) is 38.0 Å². The summed E-state index contributed by atoms with van der Waals surface area (Å²) in [6.45, 7) is 6.99. The Morgan fingerprint density at radius 3 is 2.94 bits per heavy atom. The lowest BCUT2D eigenvalue weighted by Crippen LogP contribution is -2.34. The number of nitrogens with zero attached hydrogens (tertiary/aromatic N) is 1. The Morgan fingerprint density at radius 2 is 2.06 bits per heavy atom. The van der Waals surface area contributed by atoms with E-state index in [1.165, 1.54) is 56.6 Å². The third-order valence-electron chi connectivity index (χ3n) is 3.54. The molecule has 0 radical (unpaired) electrons. The van der Waals surface area contributed by atoms with Crippen molar-refractivity contribution in [2.24, 2.45) is 0 Å². The van der Waals surface area contributed by atoms with Crippen molar-refractivity contribution in [3.63, 3.8) is 0 Å². The molecule has 0 unspecified atom stereocenters. The van der Waals surface area contributed by atoms with Crippen molar-refractivity contribution in [1.82, 2.24) is 4.90 Å². The molecule has 1 heterocycles. The fraction of sp³-hybridized carbons (Fsp3) is 0.600. The van der Waals surface area contributed by atoms with Gasteiger partial charge in [-0.2, -0.15) is 0 Å². The van der Waals surface area contributed by atoms with Gasteiger partial charge in [0.05, 0.1) is 0 Å². The molecule has 1 aromatic rings.